The van der Waals surface area contributed by atoms with Gasteiger partial charge in [0.25, 0.3) is 0 Å². The number of hydrogen-bond donors (Lipinski definition) is 0. The summed E-state index contributed by atoms with van der Waals surface area (Å²) in [6, 6.07) is 16.0. The largest absolute Gasteiger partial charge is 0.456 e. The van der Waals surface area contributed by atoms with Crippen LogP contribution in [0.4, 0.5) is 0 Å². The third-order valence-corrected chi connectivity index (χ3v) is 5.35. The highest BCUT2D eigenvalue weighted by Gasteiger charge is 2.27. The molecule has 1 unspecified atom stereocenters. The van der Waals surface area contributed by atoms with Crippen molar-refractivity contribution in [2.45, 2.75) is 33.1 Å². The molecule has 3 nitrogen and oxygen atoms in total. The first-order valence-electron chi connectivity index (χ1n) is 9.72. The second-order valence-corrected chi connectivity index (χ2v) is 7.55. The lowest BCUT2D eigenvalue weighted by Crippen LogP contribution is -2.16. The van der Waals surface area contributed by atoms with Gasteiger partial charge in [-0.1, -0.05) is 49.4 Å². The van der Waals surface area contributed by atoms with Gasteiger partial charge < -0.3 is 9.47 Å². The molecule has 0 aromatic heterocycles. The van der Waals surface area contributed by atoms with E-state index in [1.165, 1.54) is 6.08 Å². The van der Waals surface area contributed by atoms with Crippen LogP contribution in [0.5, 0.6) is 17.2 Å². The summed E-state index contributed by atoms with van der Waals surface area (Å²) in [5.41, 5.74) is 3.36. The molecule has 1 aliphatic rings. The molecule has 142 valence electrons. The summed E-state index contributed by atoms with van der Waals surface area (Å²) >= 11 is 0. The first-order valence-corrected chi connectivity index (χ1v) is 9.72. The van der Waals surface area contributed by atoms with E-state index in [1.54, 1.807) is 0 Å². The molecule has 3 heteroatoms. The summed E-state index contributed by atoms with van der Waals surface area (Å²) < 4.78 is 12.2. The zero-order valence-corrected chi connectivity index (χ0v) is 16.3. The second-order valence-electron chi connectivity index (χ2n) is 7.55. The second kappa shape index (κ2) is 7.51. The minimum Gasteiger partial charge on any atom is -0.456 e. The van der Waals surface area contributed by atoms with Gasteiger partial charge in [0.1, 0.15) is 17.2 Å². The molecule has 4 rings (SSSR count). The van der Waals surface area contributed by atoms with Gasteiger partial charge in [-0.2, -0.15) is 0 Å². The maximum Gasteiger partial charge on any atom is 0.335 e. The molecule has 0 saturated carbocycles. The molecule has 0 aliphatic heterocycles. The Morgan fingerprint density at radius 2 is 1.86 bits per heavy atom. The van der Waals surface area contributed by atoms with E-state index in [2.05, 4.69) is 26.5 Å². The minimum absolute atomic E-state index is 0.431. The van der Waals surface area contributed by atoms with E-state index in [0.29, 0.717) is 11.7 Å². The average molecular weight is 372 g/mol. The molecule has 3 aromatic rings. The quantitative estimate of drug-likeness (QED) is 0.313. The number of fused-ring (bicyclic) bond motifs is 2. The van der Waals surface area contributed by atoms with Gasteiger partial charge in [-0.25, -0.2) is 4.79 Å². The summed E-state index contributed by atoms with van der Waals surface area (Å²) in [6.45, 7) is 7.85. The first kappa shape index (κ1) is 18.3. The highest BCUT2D eigenvalue weighted by atomic mass is 16.5. The maximum atomic E-state index is 12.1. The number of esters is 1. The smallest absolute Gasteiger partial charge is 0.335 e. The van der Waals surface area contributed by atoms with Crippen molar-refractivity contribution in [1.82, 2.24) is 0 Å². The lowest BCUT2D eigenvalue weighted by atomic mass is 9.82. The third kappa shape index (κ3) is 3.40. The Kier molecular flexibility index (Phi) is 4.91. The fraction of sp³-hybridized carbons (Fsp3) is 0.240. The van der Waals surface area contributed by atoms with Crippen LogP contribution in [-0.2, 0) is 17.6 Å². The van der Waals surface area contributed by atoms with E-state index in [4.69, 9.17) is 9.47 Å². The van der Waals surface area contributed by atoms with E-state index in [9.17, 15) is 4.79 Å². The van der Waals surface area contributed by atoms with Crippen LogP contribution in [0.3, 0.4) is 0 Å². The molecule has 1 atom stereocenters. The predicted octanol–water partition coefficient (Wildman–Crippen LogP) is 6.16. The minimum atomic E-state index is -0.431. The van der Waals surface area contributed by atoms with Crippen molar-refractivity contribution in [1.29, 1.82) is 0 Å². The molecule has 0 radical (unpaired) electrons. The third-order valence-electron chi connectivity index (χ3n) is 5.35. The van der Waals surface area contributed by atoms with Crippen molar-refractivity contribution in [3.8, 4) is 17.2 Å². The van der Waals surface area contributed by atoms with Crippen molar-refractivity contribution < 1.29 is 14.3 Å². The van der Waals surface area contributed by atoms with E-state index in [-0.39, 0.29) is 0 Å². The lowest BCUT2D eigenvalue weighted by Gasteiger charge is -2.27. The number of aryl methyl sites for hydroxylation is 1. The van der Waals surface area contributed by atoms with Crippen molar-refractivity contribution in [2.24, 2.45) is 5.92 Å². The van der Waals surface area contributed by atoms with Gasteiger partial charge in [0.2, 0.25) is 0 Å². The fourth-order valence-corrected chi connectivity index (χ4v) is 3.95. The number of rotatable bonds is 4. The topological polar surface area (TPSA) is 35.5 Å². The summed E-state index contributed by atoms with van der Waals surface area (Å²) in [5.74, 6) is 2.44. The number of carbonyl (C=O) groups is 1. The number of hydrogen-bond acceptors (Lipinski definition) is 3. The Bertz CT molecular complexity index is 1050. The van der Waals surface area contributed by atoms with Crippen molar-refractivity contribution in [3.63, 3.8) is 0 Å². The molecule has 0 fully saturated rings. The van der Waals surface area contributed by atoms with Crippen molar-refractivity contribution in [3.05, 3.63) is 77.9 Å². The predicted molar refractivity (Wildman–Crippen MR) is 112 cm³/mol. The Balaban J connectivity index is 1.99. The SMILES string of the molecule is C=CC(=O)Oc1c2c(c(Oc3ccccc3)c3cc(C)ccc13)CCC(C)C2. The summed E-state index contributed by atoms with van der Waals surface area (Å²) in [6.07, 6.45) is 4.07. The van der Waals surface area contributed by atoms with Crippen molar-refractivity contribution in [2.75, 3.05) is 0 Å². The molecule has 3 aromatic carbocycles. The van der Waals surface area contributed by atoms with Crippen LogP contribution in [0.1, 0.15) is 30.0 Å². The van der Waals surface area contributed by atoms with Gasteiger partial charge in [0, 0.05) is 28.0 Å². The van der Waals surface area contributed by atoms with E-state index < -0.39 is 5.97 Å². The molecule has 28 heavy (non-hydrogen) atoms. The number of ether oxygens (including phenoxy) is 2. The fourth-order valence-electron chi connectivity index (χ4n) is 3.95. The average Bonchev–Trinajstić information content (AvgIpc) is 2.71. The molecular weight excluding hydrogens is 348 g/mol. The maximum absolute atomic E-state index is 12.1. The molecule has 0 saturated heterocycles. The van der Waals surface area contributed by atoms with E-state index >= 15 is 0 Å². The Morgan fingerprint density at radius 1 is 1.07 bits per heavy atom. The summed E-state index contributed by atoms with van der Waals surface area (Å²) in [7, 11) is 0. The molecular formula is C25H24O3. The standard InChI is InChI=1S/C25H24O3/c1-4-23(26)28-25-20-13-11-16(2)14-21(20)24(27-18-8-6-5-7-9-18)19-12-10-17(3)15-22(19)25/h4-9,11,13-14,17H,1,10,12,15H2,2-3H3. The van der Waals surface area contributed by atoms with Crippen LogP contribution in [0.2, 0.25) is 0 Å². The van der Waals surface area contributed by atoms with Crippen molar-refractivity contribution >= 4 is 16.7 Å². The first-order chi connectivity index (χ1) is 13.6. The monoisotopic (exact) mass is 372 g/mol. The number of benzene rings is 3. The Labute approximate surface area is 165 Å². The number of para-hydroxylation sites is 1. The van der Waals surface area contributed by atoms with Gasteiger partial charge in [0.05, 0.1) is 0 Å². The lowest BCUT2D eigenvalue weighted by molar-refractivity contribution is -0.128. The normalized spacial score (nSPS) is 15.7. The van der Waals surface area contributed by atoms with Crippen LogP contribution in [0.25, 0.3) is 10.8 Å². The van der Waals surface area contributed by atoms with Crippen LogP contribution in [0, 0.1) is 12.8 Å². The Hall–Kier alpha value is -3.07. The zero-order valence-electron chi connectivity index (χ0n) is 16.3. The molecule has 0 amide bonds. The van der Waals surface area contributed by atoms with Gasteiger partial charge >= 0.3 is 5.97 Å². The summed E-state index contributed by atoms with van der Waals surface area (Å²) in [4.78, 5) is 12.1. The van der Waals surface area contributed by atoms with Crippen LogP contribution >= 0.6 is 0 Å². The Morgan fingerprint density at radius 3 is 2.61 bits per heavy atom. The molecule has 1 aliphatic carbocycles. The molecule has 0 N–H and O–H groups in total. The van der Waals surface area contributed by atoms with Crippen LogP contribution < -0.4 is 9.47 Å². The van der Waals surface area contributed by atoms with Gasteiger partial charge in [-0.05, 0) is 50.3 Å². The highest BCUT2D eigenvalue weighted by molar-refractivity contribution is 5.99. The molecule has 0 spiro atoms. The van der Waals surface area contributed by atoms with Crippen LogP contribution in [-0.4, -0.2) is 5.97 Å². The number of carbonyl (C=O) groups excluding carboxylic acids is 1. The van der Waals surface area contributed by atoms with Crippen LogP contribution in [0.15, 0.2) is 61.2 Å². The van der Waals surface area contributed by atoms with E-state index in [0.717, 1.165) is 58.2 Å². The van der Waals surface area contributed by atoms with Gasteiger partial charge in [-0.3, -0.25) is 0 Å². The van der Waals surface area contributed by atoms with E-state index in [1.807, 2.05) is 42.5 Å². The highest BCUT2D eigenvalue weighted by Crippen LogP contribution is 2.46. The van der Waals surface area contributed by atoms with Gasteiger partial charge in [-0.15, -0.1) is 0 Å². The zero-order chi connectivity index (χ0) is 19.7. The molecule has 0 heterocycles. The van der Waals surface area contributed by atoms with Gasteiger partial charge in [0.15, 0.2) is 0 Å². The summed E-state index contributed by atoms with van der Waals surface area (Å²) in [5, 5.41) is 1.88. The molecule has 0 bridgehead atoms.